The van der Waals surface area contributed by atoms with Crippen LogP contribution in [0.1, 0.15) is 30.5 Å². The van der Waals surface area contributed by atoms with Crippen molar-refractivity contribution in [1.82, 2.24) is 14.8 Å². The zero-order valence-electron chi connectivity index (χ0n) is 11.5. The number of hydrogen-bond acceptors (Lipinski definition) is 5. The first-order chi connectivity index (χ1) is 10.2. The number of carbonyl (C=O) groups is 1. The second kappa shape index (κ2) is 6.17. The van der Waals surface area contributed by atoms with Gasteiger partial charge in [-0.25, -0.2) is 9.67 Å². The van der Waals surface area contributed by atoms with Gasteiger partial charge in [-0.2, -0.15) is 5.10 Å². The Morgan fingerprint density at radius 3 is 3.00 bits per heavy atom. The summed E-state index contributed by atoms with van der Waals surface area (Å²) in [6.07, 6.45) is 6.75. The average molecular weight is 304 g/mol. The Morgan fingerprint density at radius 1 is 1.33 bits per heavy atom. The van der Waals surface area contributed by atoms with E-state index in [9.17, 15) is 9.59 Å². The summed E-state index contributed by atoms with van der Waals surface area (Å²) in [4.78, 5) is 28.0. The molecule has 0 saturated carbocycles. The number of aryl methyl sites for hydroxylation is 2. The van der Waals surface area contributed by atoms with E-state index >= 15 is 0 Å². The predicted octanol–water partition coefficient (Wildman–Crippen LogP) is 1.61. The maximum Gasteiger partial charge on any atom is 0.267 e. The molecule has 0 aromatic carbocycles. The van der Waals surface area contributed by atoms with Crippen LogP contribution in [0.5, 0.6) is 0 Å². The van der Waals surface area contributed by atoms with Gasteiger partial charge in [0, 0.05) is 17.6 Å². The van der Waals surface area contributed by atoms with Gasteiger partial charge in [0.2, 0.25) is 5.91 Å². The molecule has 1 aliphatic carbocycles. The number of carbonyl (C=O) groups excluding carboxylic acids is 1. The maximum atomic E-state index is 12.0. The monoisotopic (exact) mass is 304 g/mol. The van der Waals surface area contributed by atoms with E-state index in [2.05, 4.69) is 15.4 Å². The van der Waals surface area contributed by atoms with E-state index in [4.69, 9.17) is 0 Å². The summed E-state index contributed by atoms with van der Waals surface area (Å²) in [7, 11) is 0. The summed E-state index contributed by atoms with van der Waals surface area (Å²) in [5, 5.41) is 9.34. The Labute approximate surface area is 125 Å². The average Bonchev–Trinajstić information content (AvgIpc) is 2.85. The summed E-state index contributed by atoms with van der Waals surface area (Å²) < 4.78 is 1.24. The lowest BCUT2D eigenvalue weighted by molar-refractivity contribution is -0.117. The van der Waals surface area contributed by atoms with Crippen molar-refractivity contribution in [3.8, 4) is 0 Å². The minimum Gasteiger partial charge on any atom is -0.300 e. The van der Waals surface area contributed by atoms with Crippen LogP contribution in [-0.2, 0) is 24.2 Å². The van der Waals surface area contributed by atoms with Crippen molar-refractivity contribution >= 4 is 22.4 Å². The first kappa shape index (κ1) is 13.9. The number of amides is 1. The molecule has 2 heterocycles. The van der Waals surface area contributed by atoms with Gasteiger partial charge >= 0.3 is 0 Å². The predicted molar refractivity (Wildman–Crippen MR) is 80.5 cm³/mol. The molecular weight excluding hydrogens is 288 g/mol. The molecule has 21 heavy (non-hydrogen) atoms. The largest absolute Gasteiger partial charge is 0.300 e. The molecule has 0 radical (unpaired) electrons. The summed E-state index contributed by atoms with van der Waals surface area (Å²) in [5.41, 5.74) is 1.77. The van der Waals surface area contributed by atoms with Gasteiger partial charge < -0.3 is 5.32 Å². The first-order valence-corrected chi connectivity index (χ1v) is 7.89. The molecule has 2 aromatic heterocycles. The van der Waals surface area contributed by atoms with Gasteiger partial charge in [0.15, 0.2) is 5.13 Å². The first-order valence-electron chi connectivity index (χ1n) is 7.01. The highest BCUT2D eigenvalue weighted by Gasteiger charge is 2.14. The lowest BCUT2D eigenvalue weighted by atomic mass is 10.1. The Bertz CT molecular complexity index is 693. The molecule has 2 aromatic rings. The minimum atomic E-state index is -0.284. The number of anilines is 1. The lowest BCUT2D eigenvalue weighted by Crippen LogP contribution is -2.30. The minimum absolute atomic E-state index is 0.0777. The van der Waals surface area contributed by atoms with E-state index < -0.39 is 0 Å². The highest BCUT2D eigenvalue weighted by atomic mass is 32.1. The van der Waals surface area contributed by atoms with E-state index in [0.717, 1.165) is 43.4 Å². The second-order valence-electron chi connectivity index (χ2n) is 5.06. The molecule has 0 aliphatic heterocycles. The fourth-order valence-corrected chi connectivity index (χ4v) is 3.02. The van der Waals surface area contributed by atoms with Crippen LogP contribution in [0.25, 0.3) is 0 Å². The third kappa shape index (κ3) is 3.36. The van der Waals surface area contributed by atoms with Gasteiger partial charge in [-0.05, 0) is 31.2 Å². The van der Waals surface area contributed by atoms with Crippen molar-refractivity contribution in [2.24, 2.45) is 0 Å². The molecule has 1 N–H and O–H groups in total. The van der Waals surface area contributed by atoms with Crippen LogP contribution in [0.2, 0.25) is 0 Å². The van der Waals surface area contributed by atoms with Crippen LogP contribution >= 0.6 is 11.3 Å². The van der Waals surface area contributed by atoms with Crippen molar-refractivity contribution in [1.29, 1.82) is 0 Å². The van der Waals surface area contributed by atoms with Gasteiger partial charge in [0.1, 0.15) is 6.54 Å². The topological polar surface area (TPSA) is 76.9 Å². The van der Waals surface area contributed by atoms with Gasteiger partial charge in [-0.15, -0.1) is 11.3 Å². The number of thiazole rings is 1. The molecule has 0 saturated heterocycles. The van der Waals surface area contributed by atoms with Crippen LogP contribution in [-0.4, -0.2) is 20.7 Å². The number of fused-ring (bicyclic) bond motifs is 1. The smallest absolute Gasteiger partial charge is 0.267 e. The van der Waals surface area contributed by atoms with Crippen LogP contribution in [0, 0.1) is 0 Å². The third-order valence-corrected chi connectivity index (χ3v) is 4.18. The van der Waals surface area contributed by atoms with E-state index in [1.807, 2.05) is 0 Å². The van der Waals surface area contributed by atoms with Crippen LogP contribution in [0.4, 0.5) is 5.13 Å². The molecule has 0 bridgehead atoms. The van der Waals surface area contributed by atoms with Crippen molar-refractivity contribution in [2.75, 3.05) is 5.32 Å². The molecular formula is C14H16N4O2S. The normalized spacial score (nSPS) is 14.3. The lowest BCUT2D eigenvalue weighted by Gasteiger charge is -2.09. The van der Waals surface area contributed by atoms with Gasteiger partial charge in [-0.3, -0.25) is 9.59 Å². The van der Waals surface area contributed by atoms with Crippen molar-refractivity contribution in [3.05, 3.63) is 39.3 Å². The highest BCUT2D eigenvalue weighted by Crippen LogP contribution is 2.16. The van der Waals surface area contributed by atoms with Crippen molar-refractivity contribution in [3.63, 3.8) is 0 Å². The van der Waals surface area contributed by atoms with Gasteiger partial charge in [-0.1, -0.05) is 6.42 Å². The molecule has 3 rings (SSSR count). The standard InChI is InChI=1S/C14H16N4O2S/c19-12(16-14-15-6-7-21-14)9-18-13(20)8-10-4-2-1-3-5-11(10)17-18/h6-8H,1-5,9H2,(H,15,16,19). The SMILES string of the molecule is O=C(Cn1nc2c(cc1=O)CCCCC2)Nc1nccs1. The zero-order chi connectivity index (χ0) is 14.7. The molecule has 0 fully saturated rings. The molecule has 0 atom stereocenters. The van der Waals surface area contributed by atoms with Crippen molar-refractivity contribution in [2.45, 2.75) is 38.6 Å². The highest BCUT2D eigenvalue weighted by molar-refractivity contribution is 7.13. The Morgan fingerprint density at radius 2 is 2.19 bits per heavy atom. The van der Waals surface area contributed by atoms with Crippen molar-refractivity contribution < 1.29 is 4.79 Å². The Hall–Kier alpha value is -2.02. The number of nitrogens with zero attached hydrogens (tertiary/aromatic N) is 3. The fraction of sp³-hybridized carbons (Fsp3) is 0.429. The van der Waals surface area contributed by atoms with E-state index in [1.54, 1.807) is 17.6 Å². The summed E-state index contributed by atoms with van der Waals surface area (Å²) >= 11 is 1.34. The molecule has 0 unspecified atom stereocenters. The molecule has 7 heteroatoms. The molecule has 1 amide bonds. The number of hydrogen-bond donors (Lipinski definition) is 1. The van der Waals surface area contributed by atoms with E-state index in [0.29, 0.717) is 5.13 Å². The number of rotatable bonds is 3. The van der Waals surface area contributed by atoms with E-state index in [1.165, 1.54) is 16.0 Å². The maximum absolute atomic E-state index is 12.0. The third-order valence-electron chi connectivity index (χ3n) is 3.50. The Balaban J connectivity index is 1.77. The zero-order valence-corrected chi connectivity index (χ0v) is 12.4. The van der Waals surface area contributed by atoms with Gasteiger partial charge in [0.05, 0.1) is 5.69 Å². The number of nitrogens with one attached hydrogen (secondary N) is 1. The van der Waals surface area contributed by atoms with Crippen LogP contribution in [0.3, 0.4) is 0 Å². The second-order valence-corrected chi connectivity index (χ2v) is 5.95. The van der Waals surface area contributed by atoms with E-state index in [-0.39, 0.29) is 18.0 Å². The van der Waals surface area contributed by atoms with Gasteiger partial charge in [0.25, 0.3) is 5.56 Å². The van der Waals surface area contributed by atoms with Crippen LogP contribution < -0.4 is 10.9 Å². The van der Waals surface area contributed by atoms with Crippen LogP contribution in [0.15, 0.2) is 22.4 Å². The molecule has 1 aliphatic rings. The quantitative estimate of drug-likeness (QED) is 0.874. The molecule has 6 nitrogen and oxygen atoms in total. The summed E-state index contributed by atoms with van der Waals surface area (Å²) in [6, 6.07) is 1.63. The summed E-state index contributed by atoms with van der Waals surface area (Å²) in [6.45, 7) is -0.0777. The number of aromatic nitrogens is 3. The molecule has 0 spiro atoms. The Kier molecular flexibility index (Phi) is 4.10. The summed E-state index contributed by atoms with van der Waals surface area (Å²) in [5.74, 6) is -0.284. The fourth-order valence-electron chi connectivity index (χ4n) is 2.47. The molecule has 110 valence electrons.